The van der Waals surface area contributed by atoms with Crippen LogP contribution in [-0.4, -0.2) is 35.2 Å². The van der Waals surface area contributed by atoms with Gasteiger partial charge < -0.3 is 5.11 Å². The molecule has 2 nitrogen and oxygen atoms in total. The van der Waals surface area contributed by atoms with Crippen LogP contribution in [-0.2, 0) is 0 Å². The largest absolute Gasteiger partial charge is 0.392 e. The summed E-state index contributed by atoms with van der Waals surface area (Å²) in [5.41, 5.74) is 0. The van der Waals surface area contributed by atoms with Crippen molar-refractivity contribution >= 4 is 0 Å². The molecule has 0 aromatic heterocycles. The van der Waals surface area contributed by atoms with Crippen LogP contribution in [0.2, 0.25) is 0 Å². The molecular formula is C9H17NO. The van der Waals surface area contributed by atoms with E-state index in [4.69, 9.17) is 0 Å². The van der Waals surface area contributed by atoms with Crippen molar-refractivity contribution in [3.63, 3.8) is 0 Å². The van der Waals surface area contributed by atoms with E-state index in [1.807, 2.05) is 0 Å². The Kier molecular flexibility index (Phi) is 1.90. The lowest BCUT2D eigenvalue weighted by Gasteiger charge is -2.39. The highest BCUT2D eigenvalue weighted by Crippen LogP contribution is 2.33. The summed E-state index contributed by atoms with van der Waals surface area (Å²) >= 11 is 0. The maximum atomic E-state index is 9.60. The molecule has 1 saturated carbocycles. The average Bonchev–Trinajstić information content (AvgIpc) is 2.78. The fourth-order valence-electron chi connectivity index (χ4n) is 1.71. The van der Waals surface area contributed by atoms with Gasteiger partial charge in [0, 0.05) is 12.6 Å². The quantitative estimate of drug-likeness (QED) is 0.653. The van der Waals surface area contributed by atoms with Crippen LogP contribution in [0.25, 0.3) is 0 Å². The number of nitrogens with zero attached hydrogens (tertiary/aromatic N) is 1. The van der Waals surface area contributed by atoms with E-state index in [0.29, 0.717) is 5.92 Å². The fourth-order valence-corrected chi connectivity index (χ4v) is 1.71. The number of β-amino-alcohol motifs (C(OH)–C–C–N with tert-alkyl or cyclic N) is 1. The zero-order chi connectivity index (χ0) is 7.84. The third-order valence-electron chi connectivity index (χ3n) is 3.05. The first kappa shape index (κ1) is 7.56. The smallest absolute Gasteiger partial charge is 0.0695 e. The zero-order valence-corrected chi connectivity index (χ0v) is 7.16. The fraction of sp³-hybridized carbons (Fsp3) is 1.00. The van der Waals surface area contributed by atoms with E-state index in [1.165, 1.54) is 25.8 Å². The Morgan fingerprint density at radius 2 is 2.18 bits per heavy atom. The van der Waals surface area contributed by atoms with Crippen molar-refractivity contribution in [1.82, 2.24) is 4.90 Å². The van der Waals surface area contributed by atoms with Crippen molar-refractivity contribution in [3.8, 4) is 0 Å². The van der Waals surface area contributed by atoms with Gasteiger partial charge in [-0.05, 0) is 38.6 Å². The normalized spacial score (nSPS) is 34.9. The summed E-state index contributed by atoms with van der Waals surface area (Å²) in [6.07, 6.45) is 3.79. The van der Waals surface area contributed by atoms with Crippen molar-refractivity contribution in [1.29, 1.82) is 0 Å². The molecule has 1 heterocycles. The third kappa shape index (κ3) is 1.57. The maximum absolute atomic E-state index is 9.60. The number of rotatable bonds is 3. The Morgan fingerprint density at radius 3 is 2.55 bits per heavy atom. The van der Waals surface area contributed by atoms with Crippen molar-refractivity contribution in [3.05, 3.63) is 0 Å². The second-order valence-corrected chi connectivity index (χ2v) is 4.04. The highest BCUT2D eigenvalue weighted by atomic mass is 16.3. The molecule has 64 valence electrons. The molecule has 1 aliphatic heterocycles. The first-order valence-corrected chi connectivity index (χ1v) is 4.69. The lowest BCUT2D eigenvalue weighted by molar-refractivity contribution is 0.0304. The molecule has 2 atom stereocenters. The van der Waals surface area contributed by atoms with E-state index in [1.54, 1.807) is 0 Å². The van der Waals surface area contributed by atoms with Crippen LogP contribution < -0.4 is 0 Å². The van der Waals surface area contributed by atoms with Crippen LogP contribution in [0.5, 0.6) is 0 Å². The molecule has 1 aliphatic carbocycles. The van der Waals surface area contributed by atoms with Crippen molar-refractivity contribution in [2.24, 2.45) is 5.92 Å². The zero-order valence-electron chi connectivity index (χ0n) is 7.16. The van der Waals surface area contributed by atoms with Gasteiger partial charge in [-0.1, -0.05) is 0 Å². The first-order chi connectivity index (χ1) is 5.27. The topological polar surface area (TPSA) is 23.5 Å². The molecule has 1 N–H and O–H groups in total. The highest BCUT2D eigenvalue weighted by Gasteiger charge is 2.33. The standard InChI is InChI=1S/C9H17NO/c1-7-4-5-10(7)6-9(11)8-2-3-8/h7-9,11H,2-6H2,1H3. The molecule has 0 aromatic rings. The van der Waals surface area contributed by atoms with Crippen LogP contribution in [0.15, 0.2) is 0 Å². The van der Waals surface area contributed by atoms with Gasteiger partial charge in [0.15, 0.2) is 0 Å². The highest BCUT2D eigenvalue weighted by molar-refractivity contribution is 4.87. The van der Waals surface area contributed by atoms with Crippen molar-refractivity contribution in [2.45, 2.75) is 38.3 Å². The van der Waals surface area contributed by atoms with Gasteiger partial charge in [-0.3, -0.25) is 4.90 Å². The van der Waals surface area contributed by atoms with E-state index < -0.39 is 0 Å². The minimum Gasteiger partial charge on any atom is -0.392 e. The molecule has 11 heavy (non-hydrogen) atoms. The molecule has 2 unspecified atom stereocenters. The Bertz CT molecular complexity index is 142. The van der Waals surface area contributed by atoms with Gasteiger partial charge in [0.05, 0.1) is 6.10 Å². The summed E-state index contributed by atoms with van der Waals surface area (Å²) in [5, 5.41) is 9.60. The number of aliphatic hydroxyl groups excluding tert-OH is 1. The average molecular weight is 155 g/mol. The summed E-state index contributed by atoms with van der Waals surface area (Å²) in [7, 11) is 0. The van der Waals surface area contributed by atoms with Gasteiger partial charge in [0.1, 0.15) is 0 Å². The third-order valence-corrected chi connectivity index (χ3v) is 3.05. The predicted octanol–water partition coefficient (Wildman–Crippen LogP) is 0.851. The summed E-state index contributed by atoms with van der Waals surface area (Å²) in [6.45, 7) is 4.36. The molecular weight excluding hydrogens is 138 g/mol. The summed E-state index contributed by atoms with van der Waals surface area (Å²) in [6, 6.07) is 0.725. The molecule has 0 aromatic carbocycles. The molecule has 2 heteroatoms. The van der Waals surface area contributed by atoms with Crippen LogP contribution in [0.3, 0.4) is 0 Å². The molecule has 2 rings (SSSR count). The van der Waals surface area contributed by atoms with Gasteiger partial charge in [-0.15, -0.1) is 0 Å². The summed E-state index contributed by atoms with van der Waals surface area (Å²) in [4.78, 5) is 2.38. The number of hydrogen-bond donors (Lipinski definition) is 1. The van der Waals surface area contributed by atoms with E-state index in [9.17, 15) is 5.11 Å². The maximum Gasteiger partial charge on any atom is 0.0695 e. The number of aliphatic hydroxyl groups is 1. The minimum atomic E-state index is -0.0299. The van der Waals surface area contributed by atoms with Crippen LogP contribution in [0, 0.1) is 5.92 Å². The van der Waals surface area contributed by atoms with Crippen molar-refractivity contribution < 1.29 is 5.11 Å². The van der Waals surface area contributed by atoms with Crippen molar-refractivity contribution in [2.75, 3.05) is 13.1 Å². The van der Waals surface area contributed by atoms with Gasteiger partial charge in [0.2, 0.25) is 0 Å². The molecule has 0 bridgehead atoms. The Morgan fingerprint density at radius 1 is 1.45 bits per heavy atom. The second-order valence-electron chi connectivity index (χ2n) is 4.04. The summed E-state index contributed by atoms with van der Waals surface area (Å²) < 4.78 is 0. The molecule has 1 saturated heterocycles. The van der Waals surface area contributed by atoms with Gasteiger partial charge in [0.25, 0.3) is 0 Å². The minimum absolute atomic E-state index is 0.0299. The van der Waals surface area contributed by atoms with Crippen LogP contribution >= 0.6 is 0 Å². The summed E-state index contributed by atoms with van der Waals surface area (Å²) in [5.74, 6) is 0.641. The molecule has 0 amide bonds. The van der Waals surface area contributed by atoms with E-state index in [-0.39, 0.29) is 6.10 Å². The van der Waals surface area contributed by atoms with Gasteiger partial charge >= 0.3 is 0 Å². The van der Waals surface area contributed by atoms with Gasteiger partial charge in [-0.2, -0.15) is 0 Å². The van der Waals surface area contributed by atoms with E-state index in [0.717, 1.165) is 12.6 Å². The van der Waals surface area contributed by atoms with Crippen LogP contribution in [0.4, 0.5) is 0 Å². The Hall–Kier alpha value is -0.0800. The Balaban J connectivity index is 1.71. The lowest BCUT2D eigenvalue weighted by atomic mass is 10.0. The molecule has 2 aliphatic rings. The SMILES string of the molecule is CC1CCN1CC(O)C1CC1. The first-order valence-electron chi connectivity index (χ1n) is 4.69. The van der Waals surface area contributed by atoms with E-state index >= 15 is 0 Å². The monoisotopic (exact) mass is 155 g/mol. The predicted molar refractivity (Wildman–Crippen MR) is 44.4 cm³/mol. The van der Waals surface area contributed by atoms with E-state index in [2.05, 4.69) is 11.8 Å². The Labute approximate surface area is 68.2 Å². The van der Waals surface area contributed by atoms with Gasteiger partial charge in [-0.25, -0.2) is 0 Å². The molecule has 2 fully saturated rings. The number of hydrogen-bond acceptors (Lipinski definition) is 2. The lowest BCUT2D eigenvalue weighted by Crippen LogP contribution is -2.49. The molecule has 0 spiro atoms. The molecule has 0 radical (unpaired) electrons. The number of likely N-dealkylation sites (tertiary alicyclic amines) is 1. The van der Waals surface area contributed by atoms with Crippen LogP contribution in [0.1, 0.15) is 26.2 Å². The second kappa shape index (κ2) is 2.76.